The molecule has 0 aliphatic heterocycles. The molecule has 0 bridgehead atoms. The summed E-state index contributed by atoms with van der Waals surface area (Å²) >= 11 is 0. The fraction of sp³-hybridized carbons (Fsp3) is 0.512. The first-order valence-corrected chi connectivity index (χ1v) is 21.8. The van der Waals surface area contributed by atoms with Gasteiger partial charge in [-0.1, -0.05) is 64.3 Å². The van der Waals surface area contributed by atoms with Gasteiger partial charge in [0.2, 0.25) is 41.4 Å². The van der Waals surface area contributed by atoms with Crippen LogP contribution < -0.4 is 60.6 Å². The highest BCUT2D eigenvalue weighted by Crippen LogP contribution is 2.16. The van der Waals surface area contributed by atoms with Gasteiger partial charge in [0, 0.05) is 37.2 Å². The number of nitrogen functional groups attached to an aromatic ring is 1. The van der Waals surface area contributed by atoms with E-state index in [1.807, 2.05) is 6.92 Å². The van der Waals surface area contributed by atoms with Crippen LogP contribution in [0.2, 0.25) is 0 Å². The molecule has 0 radical (unpaired) electrons. The lowest BCUT2D eigenvalue weighted by molar-refractivity contribution is -0.384. The molecule has 0 fully saturated rings. The van der Waals surface area contributed by atoms with Crippen molar-refractivity contribution in [3.05, 3.63) is 69.8 Å². The van der Waals surface area contributed by atoms with Crippen LogP contribution in [0.25, 0.3) is 0 Å². The molecule has 24 heteroatoms. The van der Waals surface area contributed by atoms with E-state index >= 15 is 0 Å². The number of anilines is 1. The summed E-state index contributed by atoms with van der Waals surface area (Å²) in [5, 5.41) is 37.2. The molecule has 2 rings (SSSR count). The van der Waals surface area contributed by atoms with E-state index in [-0.39, 0.29) is 61.5 Å². The molecule has 2 aromatic rings. The lowest BCUT2D eigenvalue weighted by Gasteiger charge is -2.30. The molecule has 8 unspecified atom stereocenters. The molecule has 0 spiro atoms. The second-order valence-corrected chi connectivity index (χ2v) is 16.0. The van der Waals surface area contributed by atoms with Crippen LogP contribution in [-0.4, -0.2) is 112 Å². The summed E-state index contributed by atoms with van der Waals surface area (Å²) in [7, 11) is 0. The van der Waals surface area contributed by atoms with Crippen LogP contribution in [0.5, 0.6) is 0 Å². The molecule has 0 heterocycles. The number of primary amides is 2. The van der Waals surface area contributed by atoms with E-state index in [0.717, 1.165) is 0 Å². The summed E-state index contributed by atoms with van der Waals surface area (Å²) in [4.78, 5) is 122. The Morgan fingerprint density at radius 2 is 1.22 bits per heavy atom. The number of rotatable bonds is 29. The summed E-state index contributed by atoms with van der Waals surface area (Å²) in [6.07, 6.45) is -0.865. The number of hydrogen-bond donors (Lipinski definition) is 12. The number of carbonyl (C=O) groups is 8. The molecular weight excluding hydrogens is 875 g/mol. The van der Waals surface area contributed by atoms with E-state index in [0.29, 0.717) is 24.8 Å². The number of hydrogen-bond acceptors (Lipinski definition) is 13. The van der Waals surface area contributed by atoms with Crippen molar-refractivity contribution in [2.45, 2.75) is 128 Å². The molecule has 2 aromatic carbocycles. The number of nitro benzene ring substituents is 1. The van der Waals surface area contributed by atoms with Gasteiger partial charge in [-0.2, -0.15) is 0 Å². The third-order valence-electron chi connectivity index (χ3n) is 10.7. The number of nitrogens with one attached hydrogen (secondary N) is 6. The monoisotopic (exact) mass is 939 g/mol. The molecule has 8 atom stereocenters. The molecule has 0 saturated carbocycles. The van der Waals surface area contributed by atoms with Crippen molar-refractivity contribution in [2.24, 2.45) is 33.8 Å². The smallest absolute Gasteiger partial charge is 0.269 e. The predicted molar refractivity (Wildman–Crippen MR) is 247 cm³/mol. The van der Waals surface area contributed by atoms with Gasteiger partial charge < -0.3 is 65.7 Å². The van der Waals surface area contributed by atoms with Crippen LogP contribution in [0.15, 0.2) is 53.5 Å². The Balaban J connectivity index is 2.47. The zero-order valence-corrected chi connectivity index (χ0v) is 38.1. The number of benzene rings is 2. The van der Waals surface area contributed by atoms with E-state index in [1.165, 1.54) is 43.3 Å². The zero-order chi connectivity index (χ0) is 50.4. The molecule has 24 nitrogen and oxygen atoms in total. The molecule has 0 saturated heterocycles. The highest BCUT2D eigenvalue weighted by Gasteiger charge is 2.36. The van der Waals surface area contributed by atoms with Crippen molar-refractivity contribution >= 4 is 64.6 Å². The number of aliphatic hydroxyl groups is 1. The van der Waals surface area contributed by atoms with Gasteiger partial charge in [0.05, 0.1) is 16.6 Å². The summed E-state index contributed by atoms with van der Waals surface area (Å²) in [6.45, 7) is 6.64. The van der Waals surface area contributed by atoms with Crippen molar-refractivity contribution in [2.75, 3.05) is 12.3 Å². The number of non-ortho nitro benzene ring substituents is 1. The maximum Gasteiger partial charge on any atom is 0.269 e. The van der Waals surface area contributed by atoms with Crippen molar-refractivity contribution in [3.8, 4) is 0 Å². The molecule has 67 heavy (non-hydrogen) atoms. The van der Waals surface area contributed by atoms with Crippen LogP contribution in [-0.2, 0) is 40.0 Å². The number of aliphatic hydroxyl groups excluding tert-OH is 1. The third-order valence-corrected chi connectivity index (χ3v) is 10.7. The Kier molecular flexibility index (Phi) is 23.2. The van der Waals surface area contributed by atoms with Crippen molar-refractivity contribution in [1.29, 1.82) is 0 Å². The SMILES string of the molecule is CCCCC(NC(=O)C(NC(=O)C(NC(=O)c1ccccc1N)C(C)O)C(C)CC)C(=O)NC(Cc1ccc([N+](=O)[O-])cc1)C(=O)NC(CCC(N)=O)C(=O)NC(CCCN=C(N)N)C(N)=O. The number of unbranched alkanes of at least 4 members (excludes halogenated alkanes) is 1. The van der Waals surface area contributed by atoms with Gasteiger partial charge in [-0.15, -0.1) is 0 Å². The van der Waals surface area contributed by atoms with E-state index in [2.05, 4.69) is 36.9 Å². The van der Waals surface area contributed by atoms with Gasteiger partial charge in [0.25, 0.3) is 11.6 Å². The highest BCUT2D eigenvalue weighted by atomic mass is 16.6. The minimum Gasteiger partial charge on any atom is -0.398 e. The summed E-state index contributed by atoms with van der Waals surface area (Å²) in [5.41, 5.74) is 27.8. The van der Waals surface area contributed by atoms with Crippen LogP contribution in [0.1, 0.15) is 95.0 Å². The van der Waals surface area contributed by atoms with Crippen molar-refractivity contribution in [3.63, 3.8) is 0 Å². The minimum atomic E-state index is -1.53. The average molecular weight is 940 g/mol. The quantitative estimate of drug-likeness (QED) is 0.0109. The Morgan fingerprint density at radius 3 is 1.76 bits per heavy atom. The molecule has 0 aliphatic carbocycles. The van der Waals surface area contributed by atoms with Crippen LogP contribution in [0, 0.1) is 16.0 Å². The molecule has 0 aliphatic rings. The number of guanidine groups is 1. The van der Waals surface area contributed by atoms with E-state index in [1.54, 1.807) is 26.0 Å². The van der Waals surface area contributed by atoms with Crippen molar-refractivity contribution < 1.29 is 48.4 Å². The number of nitrogens with two attached hydrogens (primary N) is 5. The molecule has 8 amide bonds. The van der Waals surface area contributed by atoms with E-state index in [4.69, 9.17) is 28.7 Å². The Bertz CT molecular complexity index is 2080. The lowest BCUT2D eigenvalue weighted by Crippen LogP contribution is -2.61. The molecular formula is C43H65N13O11. The van der Waals surface area contributed by atoms with Gasteiger partial charge in [-0.3, -0.25) is 53.5 Å². The fourth-order valence-corrected chi connectivity index (χ4v) is 6.57. The standard InChI is InChI=1S/C43H65N13O11/c1-5-7-13-30(52-41(64)34(23(3)6-2)54-42(65)35(24(4)57)55-37(60)27-11-8-9-12-28(27)44)38(61)53-32(22-25-15-17-26(18-16-25)56(66)67)40(63)51-31(19-20-33(45)58)39(62)50-29(36(46)59)14-10-21-49-43(47)48/h8-9,11-12,15-18,23-24,29-32,34-35,57H,5-7,10,13-14,19-22,44H2,1-4H3,(H2,45,58)(H2,46,59)(H,50,62)(H,51,63)(H,52,64)(H,53,61)(H,54,65)(H,55,60)(H4,47,48,49). The van der Waals surface area contributed by atoms with Gasteiger partial charge in [0.1, 0.15) is 36.3 Å². The first kappa shape index (κ1) is 55.8. The molecule has 368 valence electrons. The zero-order valence-electron chi connectivity index (χ0n) is 38.1. The van der Waals surface area contributed by atoms with Crippen molar-refractivity contribution in [1.82, 2.24) is 31.9 Å². The lowest BCUT2D eigenvalue weighted by atomic mass is 9.96. The van der Waals surface area contributed by atoms with Crippen LogP contribution >= 0.6 is 0 Å². The normalized spacial score (nSPS) is 14.5. The Morgan fingerprint density at radius 1 is 0.687 bits per heavy atom. The fourth-order valence-electron chi connectivity index (χ4n) is 6.57. The van der Waals surface area contributed by atoms with Gasteiger partial charge in [-0.05, 0) is 56.2 Å². The second kappa shape index (κ2) is 27.8. The number of nitrogens with zero attached hydrogens (tertiary/aromatic N) is 2. The topological polar surface area (TPSA) is 415 Å². The Hall–Kier alpha value is -7.37. The second-order valence-electron chi connectivity index (χ2n) is 16.0. The van der Waals surface area contributed by atoms with Gasteiger partial charge in [-0.25, -0.2) is 0 Å². The summed E-state index contributed by atoms with van der Waals surface area (Å²) < 4.78 is 0. The number of carbonyl (C=O) groups excluding carboxylic acids is 8. The maximum absolute atomic E-state index is 14.2. The Labute approximate surface area is 387 Å². The van der Waals surface area contributed by atoms with E-state index < -0.39 is 107 Å². The first-order valence-electron chi connectivity index (χ1n) is 21.8. The number of para-hydroxylation sites is 1. The molecule has 17 N–H and O–H groups in total. The third kappa shape index (κ3) is 18.9. The maximum atomic E-state index is 14.2. The molecule has 0 aromatic heterocycles. The number of nitro groups is 1. The summed E-state index contributed by atoms with van der Waals surface area (Å²) in [6, 6.07) is 2.75. The largest absolute Gasteiger partial charge is 0.398 e. The van der Waals surface area contributed by atoms with Gasteiger partial charge in [0.15, 0.2) is 5.96 Å². The van der Waals surface area contributed by atoms with Crippen LogP contribution in [0.4, 0.5) is 11.4 Å². The summed E-state index contributed by atoms with van der Waals surface area (Å²) in [5.74, 6) is -7.69. The first-order chi connectivity index (χ1) is 31.6. The predicted octanol–water partition coefficient (Wildman–Crippen LogP) is -1.64. The number of amides is 8. The number of aliphatic imine (C=N–C) groups is 1. The minimum absolute atomic E-state index is 0.00111. The van der Waals surface area contributed by atoms with Crippen LogP contribution in [0.3, 0.4) is 0 Å². The average Bonchev–Trinajstić information content (AvgIpc) is 3.27. The highest BCUT2D eigenvalue weighted by molar-refractivity contribution is 6.02. The van der Waals surface area contributed by atoms with E-state index in [9.17, 15) is 53.6 Å². The van der Waals surface area contributed by atoms with Gasteiger partial charge >= 0.3 is 0 Å².